The molecule has 2 aromatic carbocycles. The fraction of sp³-hybridized carbons (Fsp3) is 0.350. The molecule has 4 heteroatoms. The molecule has 122 valence electrons. The Kier molecular flexibility index (Phi) is 3.21. The number of hydrogen-bond donors (Lipinski definition) is 2. The van der Waals surface area contributed by atoms with Crippen LogP contribution in [0.25, 0.3) is 10.9 Å². The minimum atomic E-state index is 0.551. The summed E-state index contributed by atoms with van der Waals surface area (Å²) >= 11 is 0. The van der Waals surface area contributed by atoms with E-state index in [1.807, 2.05) is 6.20 Å². The highest BCUT2D eigenvalue weighted by molar-refractivity contribution is 5.91. The second-order valence-corrected chi connectivity index (χ2v) is 7.04. The summed E-state index contributed by atoms with van der Waals surface area (Å²) in [4.78, 5) is 2.62. The Morgan fingerprint density at radius 3 is 2.88 bits per heavy atom. The lowest BCUT2D eigenvalue weighted by Gasteiger charge is -2.47. The van der Waals surface area contributed by atoms with Crippen LogP contribution in [0.4, 0.5) is 11.4 Å². The molecule has 0 saturated heterocycles. The van der Waals surface area contributed by atoms with Crippen LogP contribution in [0.5, 0.6) is 0 Å². The average Bonchev–Trinajstić information content (AvgIpc) is 3.08. The molecule has 24 heavy (non-hydrogen) atoms. The minimum absolute atomic E-state index is 0.551. The van der Waals surface area contributed by atoms with E-state index in [-0.39, 0.29) is 0 Å². The molecule has 2 heterocycles. The molecule has 2 atom stereocenters. The summed E-state index contributed by atoms with van der Waals surface area (Å²) < 4.78 is 0. The molecule has 1 saturated carbocycles. The first-order valence-corrected chi connectivity index (χ1v) is 8.93. The highest BCUT2D eigenvalue weighted by Crippen LogP contribution is 2.41. The molecule has 1 aliphatic carbocycles. The van der Waals surface area contributed by atoms with Gasteiger partial charge in [0.15, 0.2) is 0 Å². The van der Waals surface area contributed by atoms with Gasteiger partial charge >= 0.3 is 0 Å². The van der Waals surface area contributed by atoms with Crippen LogP contribution in [-0.2, 0) is 6.54 Å². The van der Waals surface area contributed by atoms with Crippen LogP contribution in [0.2, 0.25) is 0 Å². The van der Waals surface area contributed by atoms with Crippen molar-refractivity contribution in [1.29, 1.82) is 0 Å². The molecule has 0 amide bonds. The van der Waals surface area contributed by atoms with Gasteiger partial charge in [-0.2, -0.15) is 5.10 Å². The summed E-state index contributed by atoms with van der Waals surface area (Å²) in [6, 6.07) is 16.5. The van der Waals surface area contributed by atoms with E-state index >= 15 is 0 Å². The number of rotatable bonds is 2. The van der Waals surface area contributed by atoms with Gasteiger partial charge < -0.3 is 10.2 Å². The first kappa shape index (κ1) is 13.9. The van der Waals surface area contributed by atoms with E-state index in [0.29, 0.717) is 12.1 Å². The molecule has 0 radical (unpaired) electrons. The van der Waals surface area contributed by atoms with Crippen molar-refractivity contribution in [3.8, 4) is 0 Å². The van der Waals surface area contributed by atoms with Crippen LogP contribution in [0.3, 0.4) is 0 Å². The standard InChI is InChI=1S/C20H22N4/c1-2-6-14(7-3-1)13-24-19-9-5-4-8-16(19)22-18-11-17-15(10-20(18)24)12-21-23-17/h1-3,6-7,10-12,16,19,22H,4-5,8-9,13H2,(H,21,23)/t16-,19+/m1/s1. The number of nitrogens with one attached hydrogen (secondary N) is 2. The maximum Gasteiger partial charge on any atom is 0.0672 e. The van der Waals surface area contributed by atoms with Crippen molar-refractivity contribution in [1.82, 2.24) is 10.2 Å². The zero-order chi connectivity index (χ0) is 15.9. The quantitative estimate of drug-likeness (QED) is 0.740. The maximum atomic E-state index is 4.20. The van der Waals surface area contributed by atoms with E-state index in [9.17, 15) is 0 Å². The fourth-order valence-corrected chi connectivity index (χ4v) is 4.35. The van der Waals surface area contributed by atoms with Crippen molar-refractivity contribution in [2.75, 3.05) is 10.2 Å². The molecular formula is C20H22N4. The third kappa shape index (κ3) is 2.25. The van der Waals surface area contributed by atoms with Crippen molar-refractivity contribution in [3.05, 3.63) is 54.2 Å². The van der Waals surface area contributed by atoms with E-state index in [1.165, 1.54) is 48.0 Å². The Labute approximate surface area is 141 Å². The smallest absolute Gasteiger partial charge is 0.0672 e. The normalized spacial score (nSPS) is 22.8. The van der Waals surface area contributed by atoms with E-state index in [2.05, 4.69) is 62.9 Å². The largest absolute Gasteiger partial charge is 0.379 e. The Balaban J connectivity index is 1.61. The summed E-state index contributed by atoms with van der Waals surface area (Å²) in [5, 5.41) is 12.3. The van der Waals surface area contributed by atoms with Crippen LogP contribution in [0.15, 0.2) is 48.7 Å². The number of nitrogens with zero attached hydrogens (tertiary/aromatic N) is 2. The Morgan fingerprint density at radius 2 is 1.96 bits per heavy atom. The molecule has 0 bridgehead atoms. The molecule has 5 rings (SSSR count). The first-order chi connectivity index (χ1) is 11.9. The summed E-state index contributed by atoms with van der Waals surface area (Å²) in [7, 11) is 0. The molecule has 1 aliphatic heterocycles. The van der Waals surface area contributed by atoms with Crippen LogP contribution < -0.4 is 10.2 Å². The second kappa shape index (κ2) is 5.55. The first-order valence-electron chi connectivity index (χ1n) is 8.93. The molecule has 4 nitrogen and oxygen atoms in total. The third-order valence-corrected chi connectivity index (χ3v) is 5.53. The molecular weight excluding hydrogens is 296 g/mol. The molecule has 2 aliphatic rings. The van der Waals surface area contributed by atoms with Gasteiger partial charge in [-0.15, -0.1) is 0 Å². The predicted octanol–water partition coefficient (Wildman–Crippen LogP) is 4.31. The topological polar surface area (TPSA) is 44.0 Å². The van der Waals surface area contributed by atoms with E-state index < -0.39 is 0 Å². The van der Waals surface area contributed by atoms with Crippen LogP contribution in [-0.4, -0.2) is 22.3 Å². The zero-order valence-electron chi connectivity index (χ0n) is 13.7. The predicted molar refractivity (Wildman–Crippen MR) is 98.4 cm³/mol. The Bertz CT molecular complexity index is 854. The van der Waals surface area contributed by atoms with Gasteiger partial charge in [-0.1, -0.05) is 43.2 Å². The summed E-state index contributed by atoms with van der Waals surface area (Å²) in [5.41, 5.74) is 5.04. The van der Waals surface area contributed by atoms with Crippen LogP contribution >= 0.6 is 0 Å². The van der Waals surface area contributed by atoms with Gasteiger partial charge in [-0.3, -0.25) is 5.10 Å². The van der Waals surface area contributed by atoms with Gasteiger partial charge in [0.2, 0.25) is 0 Å². The minimum Gasteiger partial charge on any atom is -0.379 e. The summed E-state index contributed by atoms with van der Waals surface area (Å²) in [6.45, 7) is 0.972. The number of aromatic amines is 1. The van der Waals surface area contributed by atoms with Crippen molar-refractivity contribution >= 4 is 22.3 Å². The maximum absolute atomic E-state index is 4.20. The second-order valence-electron chi connectivity index (χ2n) is 7.04. The molecule has 0 unspecified atom stereocenters. The Morgan fingerprint density at radius 1 is 1.08 bits per heavy atom. The number of H-pyrrole nitrogens is 1. The van der Waals surface area contributed by atoms with Gasteiger partial charge in [0, 0.05) is 24.0 Å². The SMILES string of the molecule is c1ccc(CN2c3cc4cn[nH]c4cc3N[C@@H]3CCCC[C@@H]32)cc1. The summed E-state index contributed by atoms with van der Waals surface area (Å²) in [6.07, 6.45) is 7.11. The highest BCUT2D eigenvalue weighted by Gasteiger charge is 2.35. The molecule has 1 aromatic heterocycles. The lowest BCUT2D eigenvalue weighted by molar-refractivity contribution is 0.372. The highest BCUT2D eigenvalue weighted by atomic mass is 15.2. The fourth-order valence-electron chi connectivity index (χ4n) is 4.35. The van der Waals surface area contributed by atoms with E-state index in [1.54, 1.807) is 0 Å². The number of hydrogen-bond acceptors (Lipinski definition) is 3. The molecule has 3 aromatic rings. The van der Waals surface area contributed by atoms with Gasteiger partial charge in [0.1, 0.15) is 0 Å². The van der Waals surface area contributed by atoms with Crippen molar-refractivity contribution in [3.63, 3.8) is 0 Å². The van der Waals surface area contributed by atoms with Crippen molar-refractivity contribution < 1.29 is 0 Å². The van der Waals surface area contributed by atoms with Gasteiger partial charge in [0.05, 0.1) is 23.1 Å². The lowest BCUT2D eigenvalue weighted by Crippen LogP contribution is -2.52. The van der Waals surface area contributed by atoms with Gasteiger partial charge in [-0.05, 0) is 30.5 Å². The zero-order valence-corrected chi connectivity index (χ0v) is 13.7. The Hall–Kier alpha value is -2.49. The molecule has 0 spiro atoms. The van der Waals surface area contributed by atoms with Crippen molar-refractivity contribution in [2.45, 2.75) is 44.3 Å². The van der Waals surface area contributed by atoms with Gasteiger partial charge in [0.25, 0.3) is 0 Å². The monoisotopic (exact) mass is 318 g/mol. The van der Waals surface area contributed by atoms with Crippen molar-refractivity contribution in [2.24, 2.45) is 0 Å². The third-order valence-electron chi connectivity index (χ3n) is 5.53. The number of anilines is 2. The van der Waals surface area contributed by atoms with Crippen LogP contribution in [0.1, 0.15) is 31.2 Å². The number of fused-ring (bicyclic) bond motifs is 3. The molecule has 1 fully saturated rings. The average molecular weight is 318 g/mol. The van der Waals surface area contributed by atoms with E-state index in [0.717, 1.165) is 12.1 Å². The molecule has 2 N–H and O–H groups in total. The summed E-state index contributed by atoms with van der Waals surface area (Å²) in [5.74, 6) is 0. The van der Waals surface area contributed by atoms with Gasteiger partial charge in [-0.25, -0.2) is 0 Å². The number of aromatic nitrogens is 2. The van der Waals surface area contributed by atoms with E-state index in [4.69, 9.17) is 0 Å². The lowest BCUT2D eigenvalue weighted by atomic mass is 9.86. The van der Waals surface area contributed by atoms with Crippen LogP contribution in [0, 0.1) is 0 Å². The number of benzene rings is 2.